The minimum absolute atomic E-state index is 0.506. The summed E-state index contributed by atoms with van der Waals surface area (Å²) >= 11 is 1.75. The Morgan fingerprint density at radius 1 is 1.04 bits per heavy atom. The maximum Gasteiger partial charge on any atom is 0.185 e. The lowest BCUT2D eigenvalue weighted by molar-refractivity contribution is 0.407. The maximum absolute atomic E-state index is 4.90. The topological polar surface area (TPSA) is 28.2 Å². The van der Waals surface area contributed by atoms with Crippen LogP contribution >= 0.6 is 11.3 Å². The zero-order valence-corrected chi connectivity index (χ0v) is 14.3. The van der Waals surface area contributed by atoms with Crippen LogP contribution in [-0.2, 0) is 0 Å². The van der Waals surface area contributed by atoms with Gasteiger partial charge in [-0.1, -0.05) is 36.4 Å². The van der Waals surface area contributed by atoms with E-state index in [4.69, 9.17) is 4.98 Å². The van der Waals surface area contributed by atoms with E-state index in [1.54, 1.807) is 11.3 Å². The SMILES string of the molecule is CC1CN(c2nc(-c3ccc4ccccc4c3)cs2)CC(C)N1. The van der Waals surface area contributed by atoms with Crippen molar-refractivity contribution in [1.29, 1.82) is 0 Å². The third kappa shape index (κ3) is 2.96. The number of fused-ring (bicyclic) bond motifs is 1. The van der Waals surface area contributed by atoms with Gasteiger partial charge in [-0.2, -0.15) is 0 Å². The van der Waals surface area contributed by atoms with Gasteiger partial charge in [0.15, 0.2) is 5.13 Å². The van der Waals surface area contributed by atoms with Gasteiger partial charge in [-0.25, -0.2) is 4.98 Å². The molecule has 23 heavy (non-hydrogen) atoms. The van der Waals surface area contributed by atoms with Gasteiger partial charge in [0, 0.05) is 36.1 Å². The molecule has 0 amide bonds. The van der Waals surface area contributed by atoms with E-state index in [2.05, 4.69) is 71.9 Å². The lowest BCUT2D eigenvalue weighted by atomic mass is 10.1. The first-order valence-corrected chi connectivity index (χ1v) is 9.03. The van der Waals surface area contributed by atoms with Crippen molar-refractivity contribution in [2.75, 3.05) is 18.0 Å². The number of anilines is 1. The zero-order chi connectivity index (χ0) is 15.8. The van der Waals surface area contributed by atoms with Crippen LogP contribution < -0.4 is 10.2 Å². The molecule has 3 aromatic rings. The van der Waals surface area contributed by atoms with Gasteiger partial charge in [-0.3, -0.25) is 0 Å². The van der Waals surface area contributed by atoms with Crippen LogP contribution in [0.4, 0.5) is 5.13 Å². The predicted octanol–water partition coefficient (Wildman–Crippen LogP) is 4.15. The molecule has 1 fully saturated rings. The Labute approximate surface area is 141 Å². The van der Waals surface area contributed by atoms with Crippen molar-refractivity contribution in [2.24, 2.45) is 0 Å². The Morgan fingerprint density at radius 2 is 1.78 bits per heavy atom. The second-order valence-electron chi connectivity index (χ2n) is 6.45. The fourth-order valence-corrected chi connectivity index (χ4v) is 4.23. The first-order chi connectivity index (χ1) is 11.2. The fourth-order valence-electron chi connectivity index (χ4n) is 3.37. The Bertz CT molecular complexity index is 816. The standard InChI is InChI=1S/C19H21N3S/c1-13-10-22(11-14(2)20-13)19-21-18(12-23-19)17-8-7-15-5-3-4-6-16(15)9-17/h3-9,12-14,20H,10-11H2,1-2H3. The molecule has 0 spiro atoms. The van der Waals surface area contributed by atoms with Gasteiger partial charge in [-0.05, 0) is 30.7 Å². The smallest absolute Gasteiger partial charge is 0.185 e. The Hall–Kier alpha value is -1.91. The van der Waals surface area contributed by atoms with E-state index in [9.17, 15) is 0 Å². The highest BCUT2D eigenvalue weighted by molar-refractivity contribution is 7.14. The largest absolute Gasteiger partial charge is 0.345 e. The van der Waals surface area contributed by atoms with Crippen LogP contribution in [0.2, 0.25) is 0 Å². The van der Waals surface area contributed by atoms with Crippen molar-refractivity contribution in [3.8, 4) is 11.3 Å². The Balaban J connectivity index is 1.63. The van der Waals surface area contributed by atoms with E-state index in [0.29, 0.717) is 12.1 Å². The van der Waals surface area contributed by atoms with E-state index >= 15 is 0 Å². The quantitative estimate of drug-likeness (QED) is 0.768. The first kappa shape index (κ1) is 14.7. The molecule has 2 heterocycles. The van der Waals surface area contributed by atoms with Gasteiger partial charge in [0.2, 0.25) is 0 Å². The molecule has 118 valence electrons. The average molecular weight is 323 g/mol. The molecule has 2 unspecified atom stereocenters. The average Bonchev–Trinajstić information content (AvgIpc) is 3.03. The normalized spacial score (nSPS) is 21.7. The summed E-state index contributed by atoms with van der Waals surface area (Å²) in [4.78, 5) is 7.30. The summed E-state index contributed by atoms with van der Waals surface area (Å²) in [6.07, 6.45) is 0. The van der Waals surface area contributed by atoms with Crippen LogP contribution in [-0.4, -0.2) is 30.2 Å². The number of piperazine rings is 1. The van der Waals surface area contributed by atoms with Gasteiger partial charge in [0.1, 0.15) is 0 Å². The maximum atomic E-state index is 4.90. The molecule has 2 aromatic carbocycles. The summed E-state index contributed by atoms with van der Waals surface area (Å²) in [7, 11) is 0. The molecular formula is C19H21N3S. The summed E-state index contributed by atoms with van der Waals surface area (Å²) in [6.45, 7) is 6.52. The van der Waals surface area contributed by atoms with Crippen molar-refractivity contribution in [3.63, 3.8) is 0 Å². The number of benzene rings is 2. The van der Waals surface area contributed by atoms with Crippen molar-refractivity contribution >= 4 is 27.2 Å². The number of rotatable bonds is 2. The molecule has 2 atom stereocenters. The van der Waals surface area contributed by atoms with E-state index in [-0.39, 0.29) is 0 Å². The summed E-state index contributed by atoms with van der Waals surface area (Å²) in [5.74, 6) is 0. The van der Waals surface area contributed by atoms with Crippen LogP contribution in [0.15, 0.2) is 47.8 Å². The van der Waals surface area contributed by atoms with Gasteiger partial charge < -0.3 is 10.2 Å². The van der Waals surface area contributed by atoms with E-state index in [0.717, 1.165) is 23.9 Å². The second kappa shape index (κ2) is 5.95. The Morgan fingerprint density at radius 3 is 2.57 bits per heavy atom. The summed E-state index contributed by atoms with van der Waals surface area (Å²) in [5.41, 5.74) is 2.28. The molecule has 1 aromatic heterocycles. The number of hydrogen-bond acceptors (Lipinski definition) is 4. The minimum Gasteiger partial charge on any atom is -0.345 e. The minimum atomic E-state index is 0.506. The van der Waals surface area contributed by atoms with Crippen LogP contribution in [0.3, 0.4) is 0 Å². The third-order valence-corrected chi connectivity index (χ3v) is 5.27. The van der Waals surface area contributed by atoms with Gasteiger partial charge >= 0.3 is 0 Å². The predicted molar refractivity (Wildman–Crippen MR) is 99.3 cm³/mol. The monoisotopic (exact) mass is 323 g/mol. The first-order valence-electron chi connectivity index (χ1n) is 8.15. The molecule has 4 heteroatoms. The van der Waals surface area contributed by atoms with Crippen LogP contribution in [0.5, 0.6) is 0 Å². The van der Waals surface area contributed by atoms with Crippen molar-refractivity contribution in [1.82, 2.24) is 10.3 Å². The molecule has 0 bridgehead atoms. The van der Waals surface area contributed by atoms with Crippen LogP contribution in [0.1, 0.15) is 13.8 Å². The molecule has 1 aliphatic rings. The third-order valence-electron chi connectivity index (χ3n) is 4.37. The van der Waals surface area contributed by atoms with Crippen LogP contribution in [0, 0.1) is 0 Å². The van der Waals surface area contributed by atoms with Gasteiger partial charge in [0.05, 0.1) is 5.69 Å². The summed E-state index contributed by atoms with van der Waals surface area (Å²) in [5, 5.41) is 9.42. The van der Waals surface area contributed by atoms with E-state index < -0.39 is 0 Å². The molecule has 4 rings (SSSR count). The van der Waals surface area contributed by atoms with Gasteiger partial charge in [-0.15, -0.1) is 11.3 Å². The number of thiazole rings is 1. The molecule has 1 saturated heterocycles. The summed E-state index contributed by atoms with van der Waals surface area (Å²) < 4.78 is 0. The highest BCUT2D eigenvalue weighted by Gasteiger charge is 2.23. The van der Waals surface area contributed by atoms with Crippen molar-refractivity contribution in [2.45, 2.75) is 25.9 Å². The molecule has 3 nitrogen and oxygen atoms in total. The molecule has 0 aliphatic carbocycles. The zero-order valence-electron chi connectivity index (χ0n) is 13.5. The van der Waals surface area contributed by atoms with Gasteiger partial charge in [0.25, 0.3) is 0 Å². The fraction of sp³-hybridized carbons (Fsp3) is 0.316. The molecule has 1 N–H and O–H groups in total. The van der Waals surface area contributed by atoms with E-state index in [1.807, 2.05) is 0 Å². The summed E-state index contributed by atoms with van der Waals surface area (Å²) in [6, 6.07) is 16.1. The highest BCUT2D eigenvalue weighted by atomic mass is 32.1. The second-order valence-corrected chi connectivity index (χ2v) is 7.29. The lowest BCUT2D eigenvalue weighted by Crippen LogP contribution is -2.54. The molecular weight excluding hydrogens is 302 g/mol. The van der Waals surface area contributed by atoms with Crippen molar-refractivity contribution in [3.05, 3.63) is 47.8 Å². The van der Waals surface area contributed by atoms with E-state index in [1.165, 1.54) is 16.3 Å². The number of nitrogens with zero attached hydrogens (tertiary/aromatic N) is 2. The Kier molecular flexibility index (Phi) is 3.79. The van der Waals surface area contributed by atoms with Crippen molar-refractivity contribution < 1.29 is 0 Å². The number of aromatic nitrogens is 1. The molecule has 0 saturated carbocycles. The van der Waals surface area contributed by atoms with Crippen LogP contribution in [0.25, 0.3) is 22.0 Å². The highest BCUT2D eigenvalue weighted by Crippen LogP contribution is 2.30. The molecule has 1 aliphatic heterocycles. The number of nitrogens with one attached hydrogen (secondary N) is 1. The lowest BCUT2D eigenvalue weighted by Gasteiger charge is -2.35. The molecule has 0 radical (unpaired) electrons. The number of hydrogen-bond donors (Lipinski definition) is 1.